The number of amides is 1. The number of nitrogens with zero attached hydrogens (tertiary/aromatic N) is 1. The van der Waals surface area contributed by atoms with E-state index in [-0.39, 0.29) is 18.2 Å². The van der Waals surface area contributed by atoms with Crippen LogP contribution >= 0.6 is 23.2 Å². The summed E-state index contributed by atoms with van der Waals surface area (Å²) in [5.41, 5.74) is -1.88. The quantitative estimate of drug-likeness (QED) is 0.315. The van der Waals surface area contributed by atoms with Gasteiger partial charge in [-0.05, 0) is 74.4 Å². The zero-order valence-corrected chi connectivity index (χ0v) is 22.9. The average molecular weight is 556 g/mol. The second kappa shape index (κ2) is 11.4. The first kappa shape index (κ1) is 29.5. The summed E-state index contributed by atoms with van der Waals surface area (Å²) in [5.74, 6) is -0.316. The van der Waals surface area contributed by atoms with Crippen LogP contribution in [0.2, 0.25) is 10.0 Å². The van der Waals surface area contributed by atoms with Crippen LogP contribution in [-0.4, -0.2) is 33.7 Å². The monoisotopic (exact) mass is 555 g/mol. The van der Waals surface area contributed by atoms with Gasteiger partial charge in [0.2, 0.25) is 5.91 Å². The maximum absolute atomic E-state index is 14.2. The van der Waals surface area contributed by atoms with Crippen LogP contribution < -0.4 is 0 Å². The Labute approximate surface area is 227 Å². The fourth-order valence-corrected chi connectivity index (χ4v) is 5.74. The summed E-state index contributed by atoms with van der Waals surface area (Å²) in [6.45, 7) is 8.38. The van der Waals surface area contributed by atoms with Gasteiger partial charge in [-0.2, -0.15) is 13.2 Å². The van der Waals surface area contributed by atoms with Crippen molar-refractivity contribution in [2.45, 2.75) is 82.7 Å². The second-order valence-corrected chi connectivity index (χ2v) is 11.4. The Kier molecular flexibility index (Phi) is 9.09. The van der Waals surface area contributed by atoms with E-state index >= 15 is 0 Å². The van der Waals surface area contributed by atoms with E-state index in [9.17, 15) is 23.1 Å². The highest BCUT2D eigenvalue weighted by Gasteiger charge is 2.53. The molecule has 3 nitrogen and oxygen atoms in total. The van der Waals surface area contributed by atoms with Crippen LogP contribution in [0.25, 0.3) is 0 Å². The number of carbonyl (C=O) groups is 1. The Morgan fingerprint density at radius 3 is 2.35 bits per heavy atom. The number of aliphatic hydroxyl groups is 1. The minimum atomic E-state index is -4.77. The highest BCUT2D eigenvalue weighted by Crippen LogP contribution is 2.53. The van der Waals surface area contributed by atoms with Crippen molar-refractivity contribution in [3.63, 3.8) is 0 Å². The summed E-state index contributed by atoms with van der Waals surface area (Å²) in [7, 11) is 0. The molecule has 0 bridgehead atoms. The topological polar surface area (TPSA) is 40.5 Å². The molecule has 1 saturated heterocycles. The van der Waals surface area contributed by atoms with Crippen LogP contribution in [0.1, 0.15) is 76.0 Å². The molecule has 3 rings (SSSR count). The normalized spacial score (nSPS) is 25.0. The van der Waals surface area contributed by atoms with Gasteiger partial charge >= 0.3 is 6.18 Å². The number of rotatable bonds is 9. The van der Waals surface area contributed by atoms with Gasteiger partial charge in [0, 0.05) is 22.0 Å². The van der Waals surface area contributed by atoms with Gasteiger partial charge in [0.15, 0.2) is 5.60 Å². The fourth-order valence-electron chi connectivity index (χ4n) is 5.42. The lowest BCUT2D eigenvalue weighted by Gasteiger charge is -2.52. The van der Waals surface area contributed by atoms with Crippen LogP contribution in [0, 0.1) is 5.41 Å². The predicted molar refractivity (Wildman–Crippen MR) is 143 cm³/mol. The molecule has 1 aliphatic rings. The number of carbonyl (C=O) groups excluding carboxylic acids is 1. The van der Waals surface area contributed by atoms with Crippen molar-refractivity contribution < 1.29 is 23.1 Å². The average Bonchev–Trinajstić information content (AvgIpc) is 2.82. The second-order valence-electron chi connectivity index (χ2n) is 10.5. The van der Waals surface area contributed by atoms with Crippen molar-refractivity contribution in [3.8, 4) is 0 Å². The molecular formula is C29H34Cl2F3NO2. The Morgan fingerprint density at radius 1 is 1.16 bits per heavy atom. The number of piperidine rings is 1. The lowest BCUT2D eigenvalue weighted by Crippen LogP contribution is -2.56. The molecule has 1 N–H and O–H groups in total. The fraction of sp³-hybridized carbons (Fsp3) is 0.483. The molecule has 1 heterocycles. The first-order valence-electron chi connectivity index (χ1n) is 12.5. The van der Waals surface area contributed by atoms with E-state index in [1.165, 1.54) is 0 Å². The molecule has 0 spiro atoms. The molecule has 5 atom stereocenters. The summed E-state index contributed by atoms with van der Waals surface area (Å²) in [5, 5.41) is 11.3. The zero-order valence-electron chi connectivity index (χ0n) is 21.4. The Hall–Kier alpha value is -2.02. The summed E-state index contributed by atoms with van der Waals surface area (Å²) in [6.07, 6.45) is -2.23. The van der Waals surface area contributed by atoms with Gasteiger partial charge in [-0.25, -0.2) is 0 Å². The van der Waals surface area contributed by atoms with Crippen molar-refractivity contribution in [3.05, 3.63) is 82.4 Å². The molecule has 1 amide bonds. The van der Waals surface area contributed by atoms with Crippen LogP contribution in [0.5, 0.6) is 0 Å². The van der Waals surface area contributed by atoms with E-state index in [1.807, 2.05) is 44.2 Å². The van der Waals surface area contributed by atoms with Crippen molar-refractivity contribution in [1.29, 1.82) is 0 Å². The number of likely N-dealkylation sites (tertiary alicyclic amines) is 1. The van der Waals surface area contributed by atoms with E-state index in [1.54, 1.807) is 29.2 Å². The van der Waals surface area contributed by atoms with E-state index in [0.717, 1.165) is 18.1 Å². The first-order chi connectivity index (χ1) is 17.2. The van der Waals surface area contributed by atoms with Crippen molar-refractivity contribution in [2.24, 2.45) is 5.41 Å². The number of allylic oxidation sites excluding steroid dienone is 1. The highest BCUT2D eigenvalue weighted by molar-refractivity contribution is 6.30. The number of alkyl halides is 3. The van der Waals surface area contributed by atoms with Gasteiger partial charge < -0.3 is 10.0 Å². The van der Waals surface area contributed by atoms with Crippen molar-refractivity contribution in [1.82, 2.24) is 4.90 Å². The summed E-state index contributed by atoms with van der Waals surface area (Å²) < 4.78 is 40.4. The van der Waals surface area contributed by atoms with Gasteiger partial charge in [-0.1, -0.05) is 67.4 Å². The molecule has 0 aliphatic carbocycles. The lowest BCUT2D eigenvalue weighted by atomic mass is 9.67. The van der Waals surface area contributed by atoms with Gasteiger partial charge in [0.25, 0.3) is 0 Å². The number of benzene rings is 2. The molecule has 0 radical (unpaired) electrons. The third-order valence-electron chi connectivity index (χ3n) is 7.62. The van der Waals surface area contributed by atoms with E-state index in [4.69, 9.17) is 23.2 Å². The summed E-state index contributed by atoms with van der Waals surface area (Å²) in [6, 6.07) is 13.7. The Morgan fingerprint density at radius 2 is 1.81 bits per heavy atom. The molecule has 1 fully saturated rings. The van der Waals surface area contributed by atoms with Gasteiger partial charge in [0.1, 0.15) is 0 Å². The molecule has 2 aromatic rings. The van der Waals surface area contributed by atoms with Crippen LogP contribution in [0.3, 0.4) is 0 Å². The largest absolute Gasteiger partial charge is 0.416 e. The Balaban J connectivity index is 2.16. The third-order valence-corrected chi connectivity index (χ3v) is 8.11. The lowest BCUT2D eigenvalue weighted by molar-refractivity contribution is -0.256. The van der Waals surface area contributed by atoms with Crippen LogP contribution in [0.4, 0.5) is 13.2 Å². The van der Waals surface area contributed by atoms with E-state index in [0.29, 0.717) is 29.3 Å². The number of halogens is 5. The maximum atomic E-state index is 14.2. The summed E-state index contributed by atoms with van der Waals surface area (Å²) in [4.78, 5) is 16.0. The maximum Gasteiger partial charge on any atom is 0.416 e. The SMILES string of the molecule is C=CC[C@@]1(C)C[C@H](c2cccc(Cl)c2)C(c2ccc(Cl)cc2)N([C@@H](CC)CC[C@](C)(O)C(F)(F)F)C1=O. The van der Waals surface area contributed by atoms with Gasteiger partial charge in [0.05, 0.1) is 11.5 Å². The number of hydrogen-bond acceptors (Lipinski definition) is 2. The predicted octanol–water partition coefficient (Wildman–Crippen LogP) is 8.51. The molecule has 2 aromatic carbocycles. The minimum absolute atomic E-state index is 0.00866. The standard InChI is InChI=1S/C29H34Cl2F3NO2/c1-5-15-27(3)18-24(20-8-7-9-22(31)17-20)25(19-10-12-21(30)13-11-19)35(26(27)36)23(6-2)14-16-28(4,37)29(32,33)34/h5,7-13,17,23-25,37H,1,6,14-16,18H2,2-4H3/t23-,24+,25?,27-,28-/m0/s1. The van der Waals surface area contributed by atoms with E-state index < -0.39 is 35.7 Å². The molecule has 0 aromatic heterocycles. The van der Waals surface area contributed by atoms with E-state index in [2.05, 4.69) is 6.58 Å². The van der Waals surface area contributed by atoms with Crippen LogP contribution in [-0.2, 0) is 4.79 Å². The third kappa shape index (κ3) is 6.35. The minimum Gasteiger partial charge on any atom is -0.381 e. The molecule has 202 valence electrons. The molecule has 1 unspecified atom stereocenters. The molecular weight excluding hydrogens is 522 g/mol. The highest BCUT2D eigenvalue weighted by atomic mass is 35.5. The van der Waals surface area contributed by atoms with Crippen molar-refractivity contribution in [2.75, 3.05) is 0 Å². The first-order valence-corrected chi connectivity index (χ1v) is 13.2. The molecule has 0 saturated carbocycles. The van der Waals surface area contributed by atoms with Gasteiger partial charge in [-0.3, -0.25) is 4.79 Å². The Bertz CT molecular complexity index is 1100. The van der Waals surface area contributed by atoms with Crippen molar-refractivity contribution >= 4 is 29.1 Å². The smallest absolute Gasteiger partial charge is 0.381 e. The van der Waals surface area contributed by atoms with Gasteiger partial charge in [-0.15, -0.1) is 6.58 Å². The van der Waals surface area contributed by atoms with Crippen LogP contribution in [0.15, 0.2) is 61.2 Å². The summed E-state index contributed by atoms with van der Waals surface area (Å²) >= 11 is 12.5. The zero-order chi connectivity index (χ0) is 27.6. The molecule has 37 heavy (non-hydrogen) atoms. The number of hydrogen-bond donors (Lipinski definition) is 1. The molecule has 8 heteroatoms. The molecule has 1 aliphatic heterocycles.